The highest BCUT2D eigenvalue weighted by molar-refractivity contribution is 5.83. The number of hydrogen-bond donors (Lipinski definition) is 5. The summed E-state index contributed by atoms with van der Waals surface area (Å²) in [6.07, 6.45) is 9.44. The monoisotopic (exact) mass is 490 g/mol. The number of aliphatic hydroxyl groups is 5. The van der Waals surface area contributed by atoms with Crippen molar-refractivity contribution in [3.8, 4) is 0 Å². The molecular formula is C26H50O8. The molecule has 0 radical (unpaired) electrons. The second-order valence-electron chi connectivity index (χ2n) is 9.52. The molecule has 0 rings (SSSR count). The van der Waals surface area contributed by atoms with Crippen LogP contribution in [0.4, 0.5) is 0 Å². The van der Waals surface area contributed by atoms with E-state index < -0.39 is 36.4 Å². The fraction of sp³-hybridized carbons (Fsp3) is 0.923. The number of unbranched alkanes of at least 4 members (excludes halogenated alkanes) is 11. The molecule has 5 unspecified atom stereocenters. The van der Waals surface area contributed by atoms with Crippen molar-refractivity contribution in [2.24, 2.45) is 0 Å². The molecule has 0 saturated heterocycles. The van der Waals surface area contributed by atoms with E-state index in [9.17, 15) is 35.1 Å². The van der Waals surface area contributed by atoms with Gasteiger partial charge in [0, 0.05) is 13.3 Å². The van der Waals surface area contributed by atoms with Gasteiger partial charge in [0.05, 0.1) is 12.2 Å². The van der Waals surface area contributed by atoms with E-state index in [-0.39, 0.29) is 12.5 Å². The first-order valence-electron chi connectivity index (χ1n) is 13.3. The summed E-state index contributed by atoms with van der Waals surface area (Å²) in [5.74, 6) is -1.71. The normalized spacial score (nSPS) is 16.0. The van der Waals surface area contributed by atoms with Crippen LogP contribution in [0.3, 0.4) is 0 Å². The Kier molecular flexibility index (Phi) is 20.6. The van der Waals surface area contributed by atoms with Crippen LogP contribution in [0.15, 0.2) is 0 Å². The Bertz CT molecular complexity index is 513. The van der Waals surface area contributed by atoms with E-state index >= 15 is 0 Å². The third kappa shape index (κ3) is 18.3. The second kappa shape index (κ2) is 21.2. The highest BCUT2D eigenvalue weighted by Gasteiger charge is 2.32. The van der Waals surface area contributed by atoms with Crippen molar-refractivity contribution in [1.82, 2.24) is 0 Å². The van der Waals surface area contributed by atoms with Crippen LogP contribution in [0, 0.1) is 0 Å². The zero-order valence-electron chi connectivity index (χ0n) is 21.4. The maximum Gasteiger partial charge on any atom is 0.305 e. The van der Waals surface area contributed by atoms with Gasteiger partial charge in [-0.25, -0.2) is 0 Å². The van der Waals surface area contributed by atoms with Gasteiger partial charge in [0.25, 0.3) is 0 Å². The standard InChI is InChI=1S/C26H50O8/c1-3-4-5-6-7-8-9-10-11-12-13-16-21(28)17-14-15-18-22(29)19-23(30)24(31)25(32)26(33)34-20(2)27/h21-22,24-26,28-29,31-33H,3-19H2,1-2H3. The molecule has 8 heteroatoms. The fourth-order valence-corrected chi connectivity index (χ4v) is 3.99. The van der Waals surface area contributed by atoms with Crippen molar-refractivity contribution in [3.63, 3.8) is 0 Å². The zero-order chi connectivity index (χ0) is 25.8. The van der Waals surface area contributed by atoms with Gasteiger partial charge in [0.2, 0.25) is 6.29 Å². The predicted molar refractivity (Wildman–Crippen MR) is 131 cm³/mol. The smallest absolute Gasteiger partial charge is 0.305 e. The van der Waals surface area contributed by atoms with E-state index in [2.05, 4.69) is 11.7 Å². The number of carbonyl (C=O) groups excluding carboxylic acids is 2. The maximum atomic E-state index is 11.9. The Morgan fingerprint density at radius 1 is 0.647 bits per heavy atom. The number of ketones is 1. The Hall–Kier alpha value is -1.06. The topological polar surface area (TPSA) is 145 Å². The van der Waals surface area contributed by atoms with Gasteiger partial charge in [-0.05, 0) is 19.3 Å². The molecule has 0 bridgehead atoms. The summed E-state index contributed by atoms with van der Waals surface area (Å²) in [4.78, 5) is 22.7. The third-order valence-electron chi connectivity index (χ3n) is 6.13. The summed E-state index contributed by atoms with van der Waals surface area (Å²) < 4.78 is 4.33. The molecule has 0 spiro atoms. The second-order valence-corrected chi connectivity index (χ2v) is 9.52. The van der Waals surface area contributed by atoms with Crippen LogP contribution in [0.25, 0.3) is 0 Å². The van der Waals surface area contributed by atoms with E-state index in [1.54, 1.807) is 0 Å². The molecule has 8 nitrogen and oxygen atoms in total. The van der Waals surface area contributed by atoms with Crippen LogP contribution in [0.2, 0.25) is 0 Å². The van der Waals surface area contributed by atoms with Gasteiger partial charge in [-0.3, -0.25) is 9.59 Å². The van der Waals surface area contributed by atoms with Crippen molar-refractivity contribution in [2.45, 2.75) is 154 Å². The largest absolute Gasteiger partial charge is 0.433 e. The number of rotatable bonds is 23. The van der Waals surface area contributed by atoms with Gasteiger partial charge in [-0.15, -0.1) is 0 Å². The van der Waals surface area contributed by atoms with Crippen LogP contribution in [0.1, 0.15) is 123 Å². The first-order valence-corrected chi connectivity index (χ1v) is 13.3. The lowest BCUT2D eigenvalue weighted by molar-refractivity contribution is -0.198. The van der Waals surface area contributed by atoms with Gasteiger partial charge < -0.3 is 30.3 Å². The third-order valence-corrected chi connectivity index (χ3v) is 6.13. The Morgan fingerprint density at radius 2 is 1.06 bits per heavy atom. The van der Waals surface area contributed by atoms with Crippen LogP contribution >= 0.6 is 0 Å². The molecule has 5 atom stereocenters. The van der Waals surface area contributed by atoms with Crippen LogP contribution in [-0.4, -0.2) is 68.0 Å². The number of ether oxygens (including phenoxy) is 1. The minimum absolute atomic E-state index is 0.326. The van der Waals surface area contributed by atoms with Gasteiger partial charge in [-0.2, -0.15) is 0 Å². The lowest BCUT2D eigenvalue weighted by Crippen LogP contribution is -2.44. The minimum atomic E-state index is -2.02. The molecule has 0 heterocycles. The first-order chi connectivity index (χ1) is 16.2. The molecule has 0 aliphatic heterocycles. The zero-order valence-corrected chi connectivity index (χ0v) is 21.4. The van der Waals surface area contributed by atoms with E-state index in [1.807, 2.05) is 0 Å². The Balaban J connectivity index is 3.72. The van der Waals surface area contributed by atoms with Crippen molar-refractivity contribution in [1.29, 1.82) is 0 Å². The van der Waals surface area contributed by atoms with Gasteiger partial charge in [0.15, 0.2) is 5.78 Å². The molecule has 34 heavy (non-hydrogen) atoms. The van der Waals surface area contributed by atoms with Crippen LogP contribution < -0.4 is 0 Å². The SMILES string of the molecule is CCCCCCCCCCCCCC(O)CCCCC(O)CC(=O)C(O)C(O)C(O)OC(C)=O. The molecular weight excluding hydrogens is 440 g/mol. The van der Waals surface area contributed by atoms with E-state index in [0.717, 1.165) is 32.6 Å². The summed E-state index contributed by atoms with van der Waals surface area (Å²) >= 11 is 0. The van der Waals surface area contributed by atoms with Crippen molar-refractivity contribution in [2.75, 3.05) is 0 Å². The van der Waals surface area contributed by atoms with Crippen molar-refractivity contribution in [3.05, 3.63) is 0 Å². The molecule has 0 aromatic rings. The molecule has 0 amide bonds. The summed E-state index contributed by atoms with van der Waals surface area (Å²) in [7, 11) is 0. The molecule has 0 aliphatic rings. The molecule has 202 valence electrons. The minimum Gasteiger partial charge on any atom is -0.433 e. The number of carbonyl (C=O) groups is 2. The summed E-state index contributed by atoms with van der Waals surface area (Å²) in [6.45, 7) is 3.25. The van der Waals surface area contributed by atoms with E-state index in [4.69, 9.17) is 0 Å². The number of aliphatic hydroxyl groups excluding tert-OH is 5. The van der Waals surface area contributed by atoms with Gasteiger partial charge in [0.1, 0.15) is 12.2 Å². The molecule has 0 aliphatic carbocycles. The average molecular weight is 491 g/mol. The molecule has 0 fully saturated rings. The first kappa shape index (κ1) is 32.9. The summed E-state index contributed by atoms with van der Waals surface area (Å²) in [5, 5.41) is 49.0. The quantitative estimate of drug-likeness (QED) is 0.0831. The number of Topliss-reactive ketones (excluding diaryl/α,β-unsaturated/α-hetero) is 1. The molecule has 5 N–H and O–H groups in total. The lowest BCUT2D eigenvalue weighted by Gasteiger charge is -2.22. The fourth-order valence-electron chi connectivity index (χ4n) is 3.99. The highest BCUT2D eigenvalue weighted by Crippen LogP contribution is 2.16. The highest BCUT2D eigenvalue weighted by atomic mass is 16.6. The van der Waals surface area contributed by atoms with Gasteiger partial charge >= 0.3 is 5.97 Å². The lowest BCUT2D eigenvalue weighted by atomic mass is 9.98. The molecule has 0 aromatic heterocycles. The Morgan fingerprint density at radius 3 is 1.53 bits per heavy atom. The molecule has 0 saturated carbocycles. The van der Waals surface area contributed by atoms with Crippen molar-refractivity contribution >= 4 is 11.8 Å². The van der Waals surface area contributed by atoms with Crippen molar-refractivity contribution < 1.29 is 39.9 Å². The summed E-state index contributed by atoms with van der Waals surface area (Å²) in [5.41, 5.74) is 0. The Labute approximate surface area is 205 Å². The van der Waals surface area contributed by atoms with Crippen LogP contribution in [-0.2, 0) is 14.3 Å². The average Bonchev–Trinajstić information content (AvgIpc) is 2.78. The van der Waals surface area contributed by atoms with Crippen LogP contribution in [0.5, 0.6) is 0 Å². The summed E-state index contributed by atoms with van der Waals surface area (Å²) in [6, 6.07) is 0. The van der Waals surface area contributed by atoms with E-state index in [1.165, 1.54) is 57.8 Å². The number of esters is 1. The maximum absolute atomic E-state index is 11.9. The number of hydrogen-bond acceptors (Lipinski definition) is 8. The predicted octanol–water partition coefficient (Wildman–Crippen LogP) is 3.53. The van der Waals surface area contributed by atoms with E-state index in [0.29, 0.717) is 19.3 Å². The molecule has 0 aromatic carbocycles. The van der Waals surface area contributed by atoms with Gasteiger partial charge in [-0.1, -0.05) is 90.4 Å².